The number of ketones is 1. The zero-order chi connectivity index (χ0) is 13.7. The first-order valence-electron chi connectivity index (χ1n) is 6.73. The Balaban J connectivity index is 1.87. The third-order valence-electron chi connectivity index (χ3n) is 3.74. The van der Waals surface area contributed by atoms with Crippen LogP contribution in [0.1, 0.15) is 23.2 Å². The third kappa shape index (κ3) is 4.06. The molecule has 19 heavy (non-hydrogen) atoms. The van der Waals surface area contributed by atoms with Crippen LogP contribution in [0.5, 0.6) is 0 Å². The van der Waals surface area contributed by atoms with E-state index in [1.165, 1.54) is 4.90 Å². The molecule has 1 saturated heterocycles. The van der Waals surface area contributed by atoms with Crippen LogP contribution in [0.2, 0.25) is 0 Å². The molecule has 0 aromatic heterocycles. The first kappa shape index (κ1) is 14.6. The van der Waals surface area contributed by atoms with E-state index in [9.17, 15) is 4.79 Å². The lowest BCUT2D eigenvalue weighted by atomic mass is 9.97. The molecule has 1 aliphatic heterocycles. The van der Waals surface area contributed by atoms with Gasteiger partial charge in [0.1, 0.15) is 0 Å². The fraction of sp³-hybridized carbons (Fsp3) is 0.533. The summed E-state index contributed by atoms with van der Waals surface area (Å²) >= 11 is 1.68. The molecule has 1 heterocycles. The Bertz CT molecular complexity index is 411. The summed E-state index contributed by atoms with van der Waals surface area (Å²) in [6.45, 7) is 2.61. The minimum atomic E-state index is 0.190. The molecule has 0 saturated carbocycles. The van der Waals surface area contributed by atoms with E-state index in [1.807, 2.05) is 30.5 Å². The lowest BCUT2D eigenvalue weighted by Crippen LogP contribution is -2.38. The molecule has 104 valence electrons. The number of carbonyl (C=O) groups excluding carboxylic acids is 1. The molecular weight excluding hydrogens is 258 g/mol. The maximum absolute atomic E-state index is 12.2. The molecular formula is C15H21NO2S. The smallest absolute Gasteiger partial charge is 0.176 e. The van der Waals surface area contributed by atoms with Gasteiger partial charge in [-0.15, -0.1) is 11.8 Å². The summed E-state index contributed by atoms with van der Waals surface area (Å²) in [6, 6.07) is 7.81. The molecule has 0 spiro atoms. The Hall–Kier alpha value is -0.840. The first-order valence-corrected chi connectivity index (χ1v) is 7.96. The number of rotatable bonds is 5. The Kier molecular flexibility index (Phi) is 5.43. The van der Waals surface area contributed by atoms with Gasteiger partial charge in [0.05, 0.1) is 6.54 Å². The van der Waals surface area contributed by atoms with E-state index in [4.69, 9.17) is 5.11 Å². The average Bonchev–Trinajstić information content (AvgIpc) is 2.48. The number of aliphatic hydroxyl groups excluding tert-OH is 1. The number of benzene rings is 1. The molecule has 1 aliphatic rings. The van der Waals surface area contributed by atoms with Crippen LogP contribution in [0.4, 0.5) is 0 Å². The monoisotopic (exact) mass is 279 g/mol. The largest absolute Gasteiger partial charge is 0.396 e. The number of piperidine rings is 1. The molecule has 0 bridgehead atoms. The van der Waals surface area contributed by atoms with Crippen molar-refractivity contribution in [3.8, 4) is 0 Å². The first-order chi connectivity index (χ1) is 9.22. The van der Waals surface area contributed by atoms with Gasteiger partial charge in [0, 0.05) is 17.1 Å². The highest BCUT2D eigenvalue weighted by Crippen LogP contribution is 2.18. The summed E-state index contributed by atoms with van der Waals surface area (Å²) in [4.78, 5) is 15.5. The zero-order valence-corrected chi connectivity index (χ0v) is 12.2. The minimum Gasteiger partial charge on any atom is -0.396 e. The number of hydrogen-bond donors (Lipinski definition) is 1. The van der Waals surface area contributed by atoms with Crippen molar-refractivity contribution in [1.29, 1.82) is 0 Å². The molecule has 1 N–H and O–H groups in total. The van der Waals surface area contributed by atoms with Crippen LogP contribution >= 0.6 is 11.8 Å². The summed E-state index contributed by atoms with van der Waals surface area (Å²) in [6.07, 6.45) is 4.02. The fourth-order valence-electron chi connectivity index (χ4n) is 2.40. The molecule has 2 rings (SSSR count). The van der Waals surface area contributed by atoms with Crippen molar-refractivity contribution in [2.24, 2.45) is 5.92 Å². The highest BCUT2D eigenvalue weighted by atomic mass is 32.2. The summed E-state index contributed by atoms with van der Waals surface area (Å²) in [5.41, 5.74) is 0.794. The van der Waals surface area contributed by atoms with E-state index in [0.29, 0.717) is 12.5 Å². The molecule has 4 heteroatoms. The van der Waals surface area contributed by atoms with Crippen LogP contribution < -0.4 is 0 Å². The maximum atomic E-state index is 12.2. The van der Waals surface area contributed by atoms with Crippen molar-refractivity contribution in [2.45, 2.75) is 17.7 Å². The van der Waals surface area contributed by atoms with E-state index in [-0.39, 0.29) is 12.4 Å². The highest BCUT2D eigenvalue weighted by Gasteiger charge is 2.20. The van der Waals surface area contributed by atoms with E-state index >= 15 is 0 Å². The molecule has 1 aromatic carbocycles. The lowest BCUT2D eigenvalue weighted by molar-refractivity contribution is 0.0864. The Morgan fingerprint density at radius 3 is 2.47 bits per heavy atom. The molecule has 0 radical (unpaired) electrons. The standard InChI is InChI=1S/C15H21NO2S/c1-19-14-4-2-13(3-5-14)15(18)10-16-8-6-12(11-17)7-9-16/h2-5,12,17H,6-11H2,1H3. The van der Waals surface area contributed by atoms with Crippen LogP contribution in [0.15, 0.2) is 29.2 Å². The van der Waals surface area contributed by atoms with Crippen molar-refractivity contribution in [3.05, 3.63) is 29.8 Å². The maximum Gasteiger partial charge on any atom is 0.176 e. The van der Waals surface area contributed by atoms with E-state index in [2.05, 4.69) is 4.90 Å². The van der Waals surface area contributed by atoms with Gasteiger partial charge in [-0.3, -0.25) is 9.69 Å². The molecule has 0 aliphatic carbocycles. The summed E-state index contributed by atoms with van der Waals surface area (Å²) in [7, 11) is 0. The summed E-state index contributed by atoms with van der Waals surface area (Å²) < 4.78 is 0. The third-order valence-corrected chi connectivity index (χ3v) is 4.49. The average molecular weight is 279 g/mol. The Morgan fingerprint density at radius 1 is 1.32 bits per heavy atom. The second-order valence-corrected chi connectivity index (χ2v) is 5.93. The van der Waals surface area contributed by atoms with Gasteiger partial charge in [0.15, 0.2) is 5.78 Å². The predicted molar refractivity (Wildman–Crippen MR) is 78.8 cm³/mol. The molecule has 0 unspecified atom stereocenters. The number of nitrogens with zero attached hydrogens (tertiary/aromatic N) is 1. The number of Topliss-reactive ketones (excluding diaryl/α,β-unsaturated/α-hetero) is 1. The molecule has 1 aromatic rings. The number of thioether (sulfide) groups is 1. The summed E-state index contributed by atoms with van der Waals surface area (Å²) in [5.74, 6) is 0.613. The number of likely N-dealkylation sites (tertiary alicyclic amines) is 1. The van der Waals surface area contributed by atoms with Crippen molar-refractivity contribution in [2.75, 3.05) is 32.5 Å². The van der Waals surface area contributed by atoms with Crippen LogP contribution in [-0.4, -0.2) is 48.3 Å². The summed E-state index contributed by atoms with van der Waals surface area (Å²) in [5, 5.41) is 9.10. The van der Waals surface area contributed by atoms with Gasteiger partial charge >= 0.3 is 0 Å². The van der Waals surface area contributed by atoms with Gasteiger partial charge in [-0.05, 0) is 50.2 Å². The quantitative estimate of drug-likeness (QED) is 0.663. The van der Waals surface area contributed by atoms with Gasteiger partial charge in [0.2, 0.25) is 0 Å². The van der Waals surface area contributed by atoms with E-state index in [1.54, 1.807) is 11.8 Å². The van der Waals surface area contributed by atoms with Gasteiger partial charge in [-0.25, -0.2) is 0 Å². The van der Waals surface area contributed by atoms with Crippen LogP contribution in [0.3, 0.4) is 0 Å². The topological polar surface area (TPSA) is 40.5 Å². The van der Waals surface area contributed by atoms with Crippen molar-refractivity contribution in [1.82, 2.24) is 4.90 Å². The van der Waals surface area contributed by atoms with Crippen LogP contribution in [0, 0.1) is 5.92 Å². The van der Waals surface area contributed by atoms with Crippen molar-refractivity contribution in [3.63, 3.8) is 0 Å². The predicted octanol–water partition coefficient (Wildman–Crippen LogP) is 2.30. The highest BCUT2D eigenvalue weighted by molar-refractivity contribution is 7.98. The Morgan fingerprint density at radius 2 is 1.95 bits per heavy atom. The molecule has 1 fully saturated rings. The second-order valence-electron chi connectivity index (χ2n) is 5.05. The van der Waals surface area contributed by atoms with Crippen LogP contribution in [-0.2, 0) is 0 Å². The second kappa shape index (κ2) is 7.08. The van der Waals surface area contributed by atoms with Crippen molar-refractivity contribution >= 4 is 17.5 Å². The van der Waals surface area contributed by atoms with E-state index in [0.717, 1.165) is 31.5 Å². The molecule has 0 atom stereocenters. The van der Waals surface area contributed by atoms with Gasteiger partial charge in [-0.2, -0.15) is 0 Å². The van der Waals surface area contributed by atoms with Gasteiger partial charge in [-0.1, -0.05) is 12.1 Å². The lowest BCUT2D eigenvalue weighted by Gasteiger charge is -2.30. The van der Waals surface area contributed by atoms with E-state index < -0.39 is 0 Å². The molecule has 0 amide bonds. The minimum absolute atomic E-state index is 0.190. The molecule has 3 nitrogen and oxygen atoms in total. The number of aliphatic hydroxyl groups is 1. The zero-order valence-electron chi connectivity index (χ0n) is 11.3. The SMILES string of the molecule is CSc1ccc(C(=O)CN2CCC(CO)CC2)cc1. The van der Waals surface area contributed by atoms with Crippen molar-refractivity contribution < 1.29 is 9.90 Å². The van der Waals surface area contributed by atoms with Crippen LogP contribution in [0.25, 0.3) is 0 Å². The normalized spacial score (nSPS) is 17.6. The Labute approximate surface area is 119 Å². The van der Waals surface area contributed by atoms with Gasteiger partial charge < -0.3 is 5.11 Å². The van der Waals surface area contributed by atoms with Gasteiger partial charge in [0.25, 0.3) is 0 Å². The fourth-order valence-corrected chi connectivity index (χ4v) is 2.81. The number of hydrogen-bond acceptors (Lipinski definition) is 4. The number of carbonyl (C=O) groups is 1.